The largest absolute Gasteiger partial charge is 0.478 e. The van der Waals surface area contributed by atoms with E-state index in [4.69, 9.17) is 9.52 Å². The molecule has 1 N–H and O–H groups in total. The molecule has 0 aliphatic carbocycles. The van der Waals surface area contributed by atoms with Crippen LogP contribution in [-0.2, 0) is 17.5 Å². The number of carbonyl (C=O) groups excluding carboxylic acids is 1. The highest BCUT2D eigenvalue weighted by Gasteiger charge is 2.31. The first-order valence-corrected chi connectivity index (χ1v) is 8.22. The zero-order valence-electron chi connectivity index (χ0n) is 15.1. The molecule has 146 valence electrons. The maximum atomic E-state index is 12.8. The van der Waals surface area contributed by atoms with Crippen LogP contribution in [-0.4, -0.2) is 28.9 Å². The van der Waals surface area contributed by atoms with Gasteiger partial charge in [0, 0.05) is 13.5 Å². The van der Waals surface area contributed by atoms with Crippen molar-refractivity contribution in [3.63, 3.8) is 0 Å². The lowest BCUT2D eigenvalue weighted by atomic mass is 9.95. The maximum Gasteiger partial charge on any atom is 0.416 e. The Labute approximate surface area is 154 Å². The molecule has 0 fully saturated rings. The molecule has 0 spiro atoms. The van der Waals surface area contributed by atoms with Crippen LogP contribution in [0.2, 0.25) is 0 Å². The summed E-state index contributed by atoms with van der Waals surface area (Å²) in [7, 11) is 1.53. The Morgan fingerprint density at radius 3 is 2.48 bits per heavy atom. The summed E-state index contributed by atoms with van der Waals surface area (Å²) < 4.78 is 43.8. The first-order chi connectivity index (χ1) is 12.5. The molecule has 1 aromatic heterocycles. The van der Waals surface area contributed by atoms with Gasteiger partial charge in [-0.05, 0) is 30.5 Å². The predicted octanol–water partition coefficient (Wildman–Crippen LogP) is 4.46. The minimum Gasteiger partial charge on any atom is -0.478 e. The number of aromatic carboxylic acids is 1. The maximum absolute atomic E-state index is 12.8. The number of hydrogen-bond acceptors (Lipinski definition) is 3. The third-order valence-corrected chi connectivity index (χ3v) is 4.28. The van der Waals surface area contributed by atoms with Crippen molar-refractivity contribution in [3.8, 4) is 0 Å². The molecule has 1 aromatic carbocycles. The summed E-state index contributed by atoms with van der Waals surface area (Å²) in [6, 6.07) is 6.28. The normalized spacial score (nSPS) is 12.7. The summed E-state index contributed by atoms with van der Waals surface area (Å²) in [6.07, 6.45) is -4.42. The van der Waals surface area contributed by atoms with Crippen molar-refractivity contribution in [2.75, 3.05) is 7.05 Å². The van der Waals surface area contributed by atoms with E-state index in [0.29, 0.717) is 11.3 Å². The number of benzene rings is 1. The van der Waals surface area contributed by atoms with E-state index in [1.54, 1.807) is 13.0 Å². The van der Waals surface area contributed by atoms with Gasteiger partial charge < -0.3 is 14.4 Å². The van der Waals surface area contributed by atoms with E-state index < -0.39 is 23.6 Å². The fraction of sp³-hybridized carbons (Fsp3) is 0.368. The lowest BCUT2D eigenvalue weighted by Crippen LogP contribution is -2.27. The molecule has 0 saturated heterocycles. The van der Waals surface area contributed by atoms with Gasteiger partial charge in [0.05, 0.1) is 12.1 Å². The SMILES string of the molecule is Cc1oc(CN(C)C(=O)CC(C)c2cccc(C(F)(F)F)c2)cc1C(=O)O. The van der Waals surface area contributed by atoms with Crippen LogP contribution in [0.3, 0.4) is 0 Å². The van der Waals surface area contributed by atoms with Crippen LogP contribution in [0.15, 0.2) is 34.7 Å². The molecule has 1 amide bonds. The number of carboxylic acids is 1. The van der Waals surface area contributed by atoms with Crippen LogP contribution in [0, 0.1) is 6.92 Å². The van der Waals surface area contributed by atoms with Crippen molar-refractivity contribution in [1.82, 2.24) is 4.90 Å². The van der Waals surface area contributed by atoms with Crippen molar-refractivity contribution in [3.05, 3.63) is 58.5 Å². The Kier molecular flexibility index (Phi) is 5.98. The highest BCUT2D eigenvalue weighted by molar-refractivity contribution is 5.88. The standard InChI is InChI=1S/C19H20F3NO4/c1-11(13-5-4-6-14(8-13)19(20,21)22)7-17(24)23(3)10-15-9-16(18(25)26)12(2)27-15/h4-6,8-9,11H,7,10H2,1-3H3,(H,25,26). The molecule has 1 atom stereocenters. The van der Waals surface area contributed by atoms with E-state index in [0.717, 1.165) is 12.1 Å². The lowest BCUT2D eigenvalue weighted by Gasteiger charge is -2.19. The average molecular weight is 383 g/mol. The van der Waals surface area contributed by atoms with Crippen LogP contribution in [0.25, 0.3) is 0 Å². The van der Waals surface area contributed by atoms with Gasteiger partial charge in [-0.1, -0.05) is 25.1 Å². The number of carbonyl (C=O) groups is 2. The smallest absolute Gasteiger partial charge is 0.416 e. The second kappa shape index (κ2) is 7.85. The summed E-state index contributed by atoms with van der Waals surface area (Å²) in [5, 5.41) is 9.03. The number of carboxylic acid groups (broad SMARTS) is 1. The molecular formula is C19H20F3NO4. The Bertz CT molecular complexity index is 842. The first kappa shape index (κ1) is 20.5. The highest BCUT2D eigenvalue weighted by atomic mass is 19.4. The van der Waals surface area contributed by atoms with Crippen molar-refractivity contribution in [2.45, 2.75) is 38.9 Å². The second-order valence-corrected chi connectivity index (χ2v) is 6.47. The van der Waals surface area contributed by atoms with E-state index in [1.807, 2.05) is 0 Å². The summed E-state index contributed by atoms with van der Waals surface area (Å²) in [6.45, 7) is 3.27. The van der Waals surface area contributed by atoms with Crippen LogP contribution in [0.4, 0.5) is 13.2 Å². The topological polar surface area (TPSA) is 70.8 Å². The number of amides is 1. The Balaban J connectivity index is 2.03. The van der Waals surface area contributed by atoms with E-state index in [1.165, 1.54) is 31.0 Å². The van der Waals surface area contributed by atoms with Crippen molar-refractivity contribution >= 4 is 11.9 Å². The van der Waals surface area contributed by atoms with Crippen LogP contribution in [0.5, 0.6) is 0 Å². The van der Waals surface area contributed by atoms with Crippen LogP contribution < -0.4 is 0 Å². The lowest BCUT2D eigenvalue weighted by molar-refractivity contribution is -0.137. The molecule has 0 saturated carbocycles. The molecule has 1 unspecified atom stereocenters. The Morgan fingerprint density at radius 2 is 1.93 bits per heavy atom. The number of aryl methyl sites for hydroxylation is 1. The van der Waals surface area contributed by atoms with Gasteiger partial charge in [0.2, 0.25) is 5.91 Å². The zero-order valence-corrected chi connectivity index (χ0v) is 15.1. The van der Waals surface area contributed by atoms with Gasteiger partial charge in [-0.2, -0.15) is 13.2 Å². The quantitative estimate of drug-likeness (QED) is 0.800. The number of rotatable bonds is 6. The molecule has 0 aliphatic rings. The van der Waals surface area contributed by atoms with Crippen LogP contribution in [0.1, 0.15) is 52.3 Å². The third-order valence-electron chi connectivity index (χ3n) is 4.28. The highest BCUT2D eigenvalue weighted by Crippen LogP contribution is 2.32. The first-order valence-electron chi connectivity index (χ1n) is 8.22. The summed E-state index contributed by atoms with van der Waals surface area (Å²) in [4.78, 5) is 24.8. The van der Waals surface area contributed by atoms with Gasteiger partial charge >= 0.3 is 12.1 Å². The number of hydrogen-bond donors (Lipinski definition) is 1. The molecule has 1 heterocycles. The van der Waals surface area contributed by atoms with Gasteiger partial charge in [0.15, 0.2) is 0 Å². The fourth-order valence-corrected chi connectivity index (χ4v) is 2.71. The molecule has 2 rings (SSSR count). The van der Waals surface area contributed by atoms with E-state index in [9.17, 15) is 22.8 Å². The number of alkyl halides is 3. The van der Waals surface area contributed by atoms with Crippen LogP contribution >= 0.6 is 0 Å². The zero-order chi connectivity index (χ0) is 20.4. The monoisotopic (exact) mass is 383 g/mol. The number of halogens is 3. The summed E-state index contributed by atoms with van der Waals surface area (Å²) >= 11 is 0. The van der Waals surface area contributed by atoms with Gasteiger partial charge in [-0.3, -0.25) is 4.79 Å². The van der Waals surface area contributed by atoms with Gasteiger partial charge in [-0.15, -0.1) is 0 Å². The second-order valence-electron chi connectivity index (χ2n) is 6.47. The molecule has 0 radical (unpaired) electrons. The molecule has 27 heavy (non-hydrogen) atoms. The molecule has 5 nitrogen and oxygen atoms in total. The Hall–Kier alpha value is -2.77. The molecular weight excluding hydrogens is 363 g/mol. The Morgan fingerprint density at radius 1 is 1.26 bits per heavy atom. The average Bonchev–Trinajstić information content (AvgIpc) is 2.94. The number of furan rings is 1. The van der Waals surface area contributed by atoms with Gasteiger partial charge in [-0.25, -0.2) is 4.79 Å². The molecule has 0 aliphatic heterocycles. The molecule has 2 aromatic rings. The predicted molar refractivity (Wildman–Crippen MR) is 91.4 cm³/mol. The van der Waals surface area contributed by atoms with Crippen molar-refractivity contribution in [1.29, 1.82) is 0 Å². The molecule has 0 bridgehead atoms. The summed E-state index contributed by atoms with van der Waals surface area (Å²) in [5.41, 5.74) is -0.295. The van der Waals surface area contributed by atoms with Gasteiger partial charge in [0.25, 0.3) is 0 Å². The molecule has 8 heteroatoms. The van der Waals surface area contributed by atoms with E-state index in [-0.39, 0.29) is 30.2 Å². The van der Waals surface area contributed by atoms with Crippen molar-refractivity contribution in [2.24, 2.45) is 0 Å². The number of nitrogens with zero attached hydrogens (tertiary/aromatic N) is 1. The minimum atomic E-state index is -4.43. The minimum absolute atomic E-state index is 0.0172. The third kappa shape index (κ3) is 5.12. The van der Waals surface area contributed by atoms with E-state index in [2.05, 4.69) is 0 Å². The van der Waals surface area contributed by atoms with Gasteiger partial charge in [0.1, 0.15) is 17.1 Å². The van der Waals surface area contributed by atoms with E-state index >= 15 is 0 Å². The summed E-state index contributed by atoms with van der Waals surface area (Å²) in [5.74, 6) is -1.24. The fourth-order valence-electron chi connectivity index (χ4n) is 2.71. The van der Waals surface area contributed by atoms with Crippen molar-refractivity contribution < 1.29 is 32.3 Å².